The Hall–Kier alpha value is -1.34. The second-order valence-electron chi connectivity index (χ2n) is 4.24. The number of unbranched alkanes of at least 4 members (excludes halogenated alkanes) is 1. The number of hydrogen-bond acceptors (Lipinski definition) is 0. The van der Waals surface area contributed by atoms with Crippen LogP contribution in [0.2, 0.25) is 0 Å². The molecule has 2 rings (SSSR count). The summed E-state index contributed by atoms with van der Waals surface area (Å²) in [7, 11) is 0. The van der Waals surface area contributed by atoms with Crippen LogP contribution in [0.15, 0.2) is 42.5 Å². The molecule has 0 N–H and O–H groups in total. The van der Waals surface area contributed by atoms with Gasteiger partial charge < -0.3 is 0 Å². The van der Waals surface area contributed by atoms with Crippen molar-refractivity contribution in [1.29, 1.82) is 0 Å². The third-order valence-electron chi connectivity index (χ3n) is 2.97. The quantitative estimate of drug-likeness (QED) is 0.712. The van der Waals surface area contributed by atoms with Crippen molar-refractivity contribution >= 4 is 10.8 Å². The van der Waals surface area contributed by atoms with Crippen molar-refractivity contribution in [3.63, 3.8) is 0 Å². The van der Waals surface area contributed by atoms with Crippen molar-refractivity contribution < 1.29 is 5.11 Å². The first-order valence-electron chi connectivity index (χ1n) is 5.96. The molecule has 1 unspecified atom stereocenters. The van der Waals surface area contributed by atoms with E-state index in [-0.39, 0.29) is 0 Å². The summed E-state index contributed by atoms with van der Waals surface area (Å²) in [5, 5.41) is 14.3. The van der Waals surface area contributed by atoms with E-state index in [4.69, 9.17) is 0 Å². The summed E-state index contributed by atoms with van der Waals surface area (Å²) in [5.74, 6) is 0. The highest BCUT2D eigenvalue weighted by molar-refractivity contribution is 5.83. The monoisotopic (exact) mass is 213 g/mol. The van der Waals surface area contributed by atoms with Crippen LogP contribution in [-0.4, -0.2) is 0 Å². The Labute approximate surface area is 96.7 Å². The normalized spacial score (nSPS) is 12.9. The fourth-order valence-corrected chi connectivity index (χ4v) is 1.96. The molecule has 16 heavy (non-hydrogen) atoms. The minimum absolute atomic E-state index is 0.565. The van der Waals surface area contributed by atoms with Crippen LogP contribution in [0, 0.1) is 0 Å². The molecular weight excluding hydrogens is 196 g/mol. The molecule has 1 atom stereocenters. The number of hydrogen-bond donors (Lipinski definition) is 0. The van der Waals surface area contributed by atoms with E-state index < -0.39 is 6.10 Å². The van der Waals surface area contributed by atoms with E-state index in [1.807, 2.05) is 30.3 Å². The highest BCUT2D eigenvalue weighted by Crippen LogP contribution is 2.24. The van der Waals surface area contributed by atoms with Crippen LogP contribution in [0.3, 0.4) is 0 Å². The standard InChI is InChI=1S/C15H17O/c1-2-3-8-15(16)14-10-9-12-6-4-5-7-13(12)11-14/h4-7,9-11,15H,2-3,8H2,1H3. The van der Waals surface area contributed by atoms with Gasteiger partial charge in [0.1, 0.15) is 6.10 Å². The lowest BCUT2D eigenvalue weighted by molar-refractivity contribution is 0.0792. The summed E-state index contributed by atoms with van der Waals surface area (Å²) in [6.45, 7) is 2.12. The van der Waals surface area contributed by atoms with Gasteiger partial charge >= 0.3 is 0 Å². The maximum Gasteiger partial charge on any atom is 0.118 e. The number of rotatable bonds is 4. The van der Waals surface area contributed by atoms with Crippen molar-refractivity contribution in [2.45, 2.75) is 32.3 Å². The van der Waals surface area contributed by atoms with Gasteiger partial charge in [-0.15, -0.1) is 0 Å². The van der Waals surface area contributed by atoms with E-state index >= 15 is 0 Å². The smallest absolute Gasteiger partial charge is 0.118 e. The summed E-state index contributed by atoms with van der Waals surface area (Å²) >= 11 is 0. The molecule has 2 aromatic rings. The van der Waals surface area contributed by atoms with E-state index in [1.54, 1.807) is 0 Å². The zero-order valence-electron chi connectivity index (χ0n) is 9.65. The minimum Gasteiger partial charge on any atom is -0.228 e. The molecule has 1 radical (unpaired) electrons. The van der Waals surface area contributed by atoms with E-state index in [0.29, 0.717) is 0 Å². The van der Waals surface area contributed by atoms with E-state index in [0.717, 1.165) is 30.2 Å². The summed E-state index contributed by atoms with van der Waals surface area (Å²) in [5.41, 5.74) is 0.923. The van der Waals surface area contributed by atoms with Crippen LogP contribution >= 0.6 is 0 Å². The first-order valence-corrected chi connectivity index (χ1v) is 5.96. The number of fused-ring (bicyclic) bond motifs is 1. The molecule has 0 saturated carbocycles. The molecule has 0 bridgehead atoms. The Balaban J connectivity index is 2.25. The second kappa shape index (κ2) is 5.13. The van der Waals surface area contributed by atoms with Gasteiger partial charge in [-0.05, 0) is 28.8 Å². The molecule has 1 nitrogen and oxygen atoms in total. The SMILES string of the molecule is CCCCC([O])c1ccc2ccccc2c1. The van der Waals surface area contributed by atoms with Gasteiger partial charge in [0.05, 0.1) is 0 Å². The Bertz CT molecular complexity index is 462. The predicted molar refractivity (Wildman–Crippen MR) is 66.9 cm³/mol. The van der Waals surface area contributed by atoms with Gasteiger partial charge in [0, 0.05) is 0 Å². The molecule has 0 aliphatic heterocycles. The molecule has 0 aliphatic carbocycles. The van der Waals surface area contributed by atoms with Gasteiger partial charge in [-0.1, -0.05) is 56.2 Å². The van der Waals surface area contributed by atoms with Gasteiger partial charge in [-0.2, -0.15) is 0 Å². The van der Waals surface area contributed by atoms with Crippen molar-refractivity contribution in [3.05, 3.63) is 48.0 Å². The lowest BCUT2D eigenvalue weighted by Gasteiger charge is -2.09. The third kappa shape index (κ3) is 2.42. The molecule has 0 aromatic heterocycles. The maximum atomic E-state index is 11.9. The molecule has 0 amide bonds. The van der Waals surface area contributed by atoms with Crippen molar-refractivity contribution in [2.24, 2.45) is 0 Å². The van der Waals surface area contributed by atoms with Gasteiger partial charge in [-0.25, -0.2) is 5.11 Å². The van der Waals surface area contributed by atoms with Crippen molar-refractivity contribution in [1.82, 2.24) is 0 Å². The van der Waals surface area contributed by atoms with E-state index in [1.165, 1.54) is 5.39 Å². The summed E-state index contributed by atoms with van der Waals surface area (Å²) in [6, 6.07) is 14.2. The predicted octanol–water partition coefficient (Wildman–Crippen LogP) is 4.50. The molecule has 0 heterocycles. The molecular formula is C15H17O. The van der Waals surface area contributed by atoms with Crippen LogP contribution in [-0.2, 0) is 5.11 Å². The maximum absolute atomic E-state index is 11.9. The molecule has 0 spiro atoms. The number of benzene rings is 2. The Morgan fingerprint density at radius 2 is 1.81 bits per heavy atom. The average molecular weight is 213 g/mol. The Morgan fingerprint density at radius 3 is 2.56 bits per heavy atom. The van der Waals surface area contributed by atoms with E-state index in [9.17, 15) is 5.11 Å². The molecule has 83 valence electrons. The Kier molecular flexibility index (Phi) is 3.58. The van der Waals surface area contributed by atoms with Crippen molar-refractivity contribution in [3.8, 4) is 0 Å². The molecule has 0 saturated heterocycles. The second-order valence-corrected chi connectivity index (χ2v) is 4.24. The van der Waals surface area contributed by atoms with Gasteiger partial charge in [-0.3, -0.25) is 0 Å². The van der Waals surface area contributed by atoms with Crippen LogP contribution < -0.4 is 0 Å². The lowest BCUT2D eigenvalue weighted by atomic mass is 10.0. The fourth-order valence-electron chi connectivity index (χ4n) is 1.96. The molecule has 2 aromatic carbocycles. The van der Waals surface area contributed by atoms with Crippen LogP contribution in [0.4, 0.5) is 0 Å². The van der Waals surface area contributed by atoms with Crippen LogP contribution in [0.1, 0.15) is 37.9 Å². The lowest BCUT2D eigenvalue weighted by Crippen LogP contribution is -1.95. The average Bonchev–Trinajstić information content (AvgIpc) is 2.35. The highest BCUT2D eigenvalue weighted by Gasteiger charge is 2.08. The largest absolute Gasteiger partial charge is 0.228 e. The van der Waals surface area contributed by atoms with Crippen LogP contribution in [0.25, 0.3) is 10.8 Å². The molecule has 1 heteroatoms. The van der Waals surface area contributed by atoms with Crippen LogP contribution in [0.5, 0.6) is 0 Å². The zero-order chi connectivity index (χ0) is 11.4. The van der Waals surface area contributed by atoms with Crippen molar-refractivity contribution in [2.75, 3.05) is 0 Å². The summed E-state index contributed by atoms with van der Waals surface area (Å²) < 4.78 is 0. The van der Waals surface area contributed by atoms with Gasteiger partial charge in [0.25, 0.3) is 0 Å². The van der Waals surface area contributed by atoms with Gasteiger partial charge in [0.2, 0.25) is 0 Å². The third-order valence-corrected chi connectivity index (χ3v) is 2.97. The topological polar surface area (TPSA) is 19.9 Å². The highest BCUT2D eigenvalue weighted by atomic mass is 16.3. The Morgan fingerprint density at radius 1 is 1.06 bits per heavy atom. The first kappa shape index (κ1) is 11.2. The molecule has 0 fully saturated rings. The zero-order valence-corrected chi connectivity index (χ0v) is 9.65. The minimum atomic E-state index is -0.565. The first-order chi connectivity index (χ1) is 7.81. The molecule has 0 aliphatic rings. The van der Waals surface area contributed by atoms with Gasteiger partial charge in [0.15, 0.2) is 0 Å². The summed E-state index contributed by atoms with van der Waals surface area (Å²) in [4.78, 5) is 0. The van der Waals surface area contributed by atoms with E-state index in [2.05, 4.69) is 19.1 Å². The fraction of sp³-hybridized carbons (Fsp3) is 0.333. The summed E-state index contributed by atoms with van der Waals surface area (Å²) in [6.07, 6.45) is 2.28.